The van der Waals surface area contributed by atoms with Gasteiger partial charge < -0.3 is 15.2 Å². The Bertz CT molecular complexity index is 76.5. The summed E-state index contributed by atoms with van der Waals surface area (Å²) in [6, 6.07) is 0. The summed E-state index contributed by atoms with van der Waals surface area (Å²) in [5, 5.41) is 0. The fourth-order valence-corrected chi connectivity index (χ4v) is 0.665. The van der Waals surface area contributed by atoms with Gasteiger partial charge >= 0.3 is 0 Å². The molecule has 0 aromatic carbocycles. The van der Waals surface area contributed by atoms with Crippen molar-refractivity contribution >= 4 is 0 Å². The molecule has 68 valence electrons. The van der Waals surface area contributed by atoms with E-state index in [1.807, 2.05) is 13.8 Å². The Hall–Kier alpha value is -0.120. The fraction of sp³-hybridized carbons (Fsp3) is 1.00. The molecule has 0 radical (unpaired) electrons. The van der Waals surface area contributed by atoms with E-state index in [1.165, 1.54) is 0 Å². The van der Waals surface area contributed by atoms with Crippen molar-refractivity contribution in [2.75, 3.05) is 26.4 Å². The van der Waals surface area contributed by atoms with Crippen molar-refractivity contribution < 1.29 is 9.47 Å². The second-order valence-electron chi connectivity index (χ2n) is 2.67. The maximum Gasteiger partial charge on any atom is 0.0588 e. The van der Waals surface area contributed by atoms with Crippen molar-refractivity contribution in [3.63, 3.8) is 0 Å². The van der Waals surface area contributed by atoms with E-state index < -0.39 is 0 Å². The summed E-state index contributed by atoms with van der Waals surface area (Å²) in [5.41, 5.74) is 5.24. The lowest BCUT2D eigenvalue weighted by Crippen LogP contribution is -2.11. The van der Waals surface area contributed by atoms with Gasteiger partial charge in [0, 0.05) is 19.8 Å². The summed E-state index contributed by atoms with van der Waals surface area (Å²) in [6.45, 7) is 6.85. The number of rotatable bonds is 7. The number of hydrogen-bond acceptors (Lipinski definition) is 3. The van der Waals surface area contributed by atoms with Gasteiger partial charge in [-0.25, -0.2) is 0 Å². The van der Waals surface area contributed by atoms with Gasteiger partial charge in [0.1, 0.15) is 0 Å². The molecule has 0 aromatic heterocycles. The zero-order valence-electron chi connectivity index (χ0n) is 7.51. The highest BCUT2D eigenvalue weighted by molar-refractivity contribution is 4.39. The lowest BCUT2D eigenvalue weighted by molar-refractivity contribution is 0.0529. The van der Waals surface area contributed by atoms with Gasteiger partial charge in [0.25, 0.3) is 0 Å². The standard InChI is InChI=1S/C8H19NO2/c1-8(2)11-6-3-5-10-7-4-9/h8H,3-7,9H2,1-2H3. The minimum Gasteiger partial charge on any atom is -0.380 e. The Morgan fingerprint density at radius 3 is 2.45 bits per heavy atom. The molecule has 0 unspecified atom stereocenters. The lowest BCUT2D eigenvalue weighted by Gasteiger charge is -2.06. The van der Waals surface area contributed by atoms with Crippen LogP contribution in [0.25, 0.3) is 0 Å². The summed E-state index contributed by atoms with van der Waals surface area (Å²) in [4.78, 5) is 0. The third-order valence-corrected chi connectivity index (χ3v) is 1.15. The maximum absolute atomic E-state index is 5.31. The van der Waals surface area contributed by atoms with Crippen LogP contribution >= 0.6 is 0 Å². The van der Waals surface area contributed by atoms with Crippen LogP contribution in [0.1, 0.15) is 20.3 Å². The quantitative estimate of drug-likeness (QED) is 0.561. The molecule has 0 atom stereocenters. The minimum atomic E-state index is 0.324. The maximum atomic E-state index is 5.31. The van der Waals surface area contributed by atoms with E-state index in [-0.39, 0.29) is 0 Å². The molecule has 0 aromatic rings. The van der Waals surface area contributed by atoms with Crippen LogP contribution in [0, 0.1) is 0 Å². The zero-order chi connectivity index (χ0) is 8.53. The molecule has 0 fully saturated rings. The molecule has 3 nitrogen and oxygen atoms in total. The first kappa shape index (κ1) is 10.9. The van der Waals surface area contributed by atoms with Crippen LogP contribution in [-0.2, 0) is 9.47 Å². The summed E-state index contributed by atoms with van der Waals surface area (Å²) >= 11 is 0. The highest BCUT2D eigenvalue weighted by Gasteiger charge is 1.92. The van der Waals surface area contributed by atoms with E-state index in [0.29, 0.717) is 19.3 Å². The molecule has 0 bridgehead atoms. The van der Waals surface area contributed by atoms with E-state index >= 15 is 0 Å². The highest BCUT2D eigenvalue weighted by atomic mass is 16.5. The molecule has 0 rings (SSSR count). The lowest BCUT2D eigenvalue weighted by atomic mass is 10.4. The van der Waals surface area contributed by atoms with Crippen LogP contribution in [0.2, 0.25) is 0 Å². The van der Waals surface area contributed by atoms with Crippen LogP contribution in [0.3, 0.4) is 0 Å². The van der Waals surface area contributed by atoms with Gasteiger partial charge in [-0.3, -0.25) is 0 Å². The van der Waals surface area contributed by atoms with Crippen LogP contribution in [0.5, 0.6) is 0 Å². The van der Waals surface area contributed by atoms with Gasteiger partial charge in [0.2, 0.25) is 0 Å². The molecule has 0 aliphatic heterocycles. The molecular weight excluding hydrogens is 142 g/mol. The Morgan fingerprint density at radius 1 is 1.18 bits per heavy atom. The number of ether oxygens (including phenoxy) is 2. The zero-order valence-corrected chi connectivity index (χ0v) is 7.51. The average Bonchev–Trinajstić information content (AvgIpc) is 1.96. The Kier molecular flexibility index (Phi) is 7.89. The Balaban J connectivity index is 2.80. The first-order chi connectivity index (χ1) is 5.27. The molecule has 11 heavy (non-hydrogen) atoms. The van der Waals surface area contributed by atoms with Crippen LogP contribution < -0.4 is 5.73 Å². The molecule has 0 heterocycles. The summed E-state index contributed by atoms with van der Waals surface area (Å²) in [6.07, 6.45) is 1.28. The number of hydrogen-bond donors (Lipinski definition) is 1. The van der Waals surface area contributed by atoms with Crippen molar-refractivity contribution in [3.8, 4) is 0 Å². The van der Waals surface area contributed by atoms with E-state index in [9.17, 15) is 0 Å². The summed E-state index contributed by atoms with van der Waals surface area (Å²) < 4.78 is 10.5. The smallest absolute Gasteiger partial charge is 0.0588 e. The van der Waals surface area contributed by atoms with Gasteiger partial charge in [0.15, 0.2) is 0 Å². The molecule has 0 spiro atoms. The van der Waals surface area contributed by atoms with Crippen LogP contribution in [0.4, 0.5) is 0 Å². The van der Waals surface area contributed by atoms with Crippen molar-refractivity contribution in [2.45, 2.75) is 26.4 Å². The number of nitrogens with two attached hydrogens (primary N) is 1. The third kappa shape index (κ3) is 9.88. The minimum absolute atomic E-state index is 0.324. The predicted molar refractivity (Wildman–Crippen MR) is 45.6 cm³/mol. The van der Waals surface area contributed by atoms with E-state index in [2.05, 4.69) is 0 Å². The van der Waals surface area contributed by atoms with E-state index in [4.69, 9.17) is 15.2 Å². The van der Waals surface area contributed by atoms with Gasteiger partial charge in [0.05, 0.1) is 12.7 Å². The SMILES string of the molecule is CC(C)OCCCOCCN. The van der Waals surface area contributed by atoms with Crippen molar-refractivity contribution in [1.82, 2.24) is 0 Å². The first-order valence-electron chi connectivity index (χ1n) is 4.16. The predicted octanol–water partition coefficient (Wildman–Crippen LogP) is 0.777. The summed E-state index contributed by atoms with van der Waals surface area (Å²) in [5.74, 6) is 0. The third-order valence-electron chi connectivity index (χ3n) is 1.15. The first-order valence-corrected chi connectivity index (χ1v) is 4.16. The van der Waals surface area contributed by atoms with Crippen molar-refractivity contribution in [2.24, 2.45) is 5.73 Å². The normalized spacial score (nSPS) is 10.9. The fourth-order valence-electron chi connectivity index (χ4n) is 0.665. The topological polar surface area (TPSA) is 44.5 Å². The van der Waals surface area contributed by atoms with E-state index in [0.717, 1.165) is 19.6 Å². The molecular formula is C8H19NO2. The van der Waals surface area contributed by atoms with Gasteiger partial charge in [-0.1, -0.05) is 0 Å². The van der Waals surface area contributed by atoms with Crippen molar-refractivity contribution in [1.29, 1.82) is 0 Å². The molecule has 3 heteroatoms. The average molecular weight is 161 g/mol. The molecule has 0 amide bonds. The second kappa shape index (κ2) is 7.98. The molecule has 0 aliphatic rings. The van der Waals surface area contributed by atoms with Crippen LogP contribution in [0.15, 0.2) is 0 Å². The summed E-state index contributed by atoms with van der Waals surface area (Å²) in [7, 11) is 0. The van der Waals surface area contributed by atoms with Crippen LogP contribution in [-0.4, -0.2) is 32.5 Å². The second-order valence-corrected chi connectivity index (χ2v) is 2.67. The van der Waals surface area contributed by atoms with Gasteiger partial charge in [-0.15, -0.1) is 0 Å². The monoisotopic (exact) mass is 161 g/mol. The van der Waals surface area contributed by atoms with Gasteiger partial charge in [-0.2, -0.15) is 0 Å². The van der Waals surface area contributed by atoms with Gasteiger partial charge in [-0.05, 0) is 20.3 Å². The van der Waals surface area contributed by atoms with E-state index in [1.54, 1.807) is 0 Å². The molecule has 0 saturated heterocycles. The molecule has 0 aliphatic carbocycles. The highest BCUT2D eigenvalue weighted by Crippen LogP contribution is 1.90. The molecule has 0 saturated carbocycles. The Labute approximate surface area is 68.9 Å². The molecule has 2 N–H and O–H groups in total. The van der Waals surface area contributed by atoms with Crippen molar-refractivity contribution in [3.05, 3.63) is 0 Å². The Morgan fingerprint density at radius 2 is 1.91 bits per heavy atom. The largest absolute Gasteiger partial charge is 0.380 e.